The lowest BCUT2D eigenvalue weighted by Gasteiger charge is -2.12. The van der Waals surface area contributed by atoms with Crippen molar-refractivity contribution in [3.63, 3.8) is 0 Å². The minimum absolute atomic E-state index is 0.537. The SMILES string of the molecule is CCNC(=NCc1ccccc1)NCc1nncn1-c1ccccc1. The Morgan fingerprint density at radius 3 is 2.44 bits per heavy atom. The number of aliphatic imine (C=N–C) groups is 1. The molecular weight excluding hydrogens is 312 g/mol. The third-order valence-electron chi connectivity index (χ3n) is 3.67. The van der Waals surface area contributed by atoms with Crippen molar-refractivity contribution in [1.29, 1.82) is 0 Å². The zero-order valence-electron chi connectivity index (χ0n) is 14.3. The molecular formula is C19H22N6. The van der Waals surface area contributed by atoms with E-state index in [9.17, 15) is 0 Å². The standard InChI is InChI=1S/C19H22N6/c1-2-20-19(21-13-16-9-5-3-6-10-16)22-14-18-24-23-15-25(18)17-11-7-4-8-12-17/h3-12,15H,2,13-14H2,1H3,(H2,20,21,22). The van der Waals surface area contributed by atoms with Crippen molar-refractivity contribution >= 4 is 5.96 Å². The van der Waals surface area contributed by atoms with Crippen LogP contribution in [0, 0.1) is 0 Å². The van der Waals surface area contributed by atoms with Gasteiger partial charge in [0.15, 0.2) is 11.8 Å². The van der Waals surface area contributed by atoms with E-state index in [-0.39, 0.29) is 0 Å². The number of nitrogens with zero attached hydrogens (tertiary/aromatic N) is 4. The summed E-state index contributed by atoms with van der Waals surface area (Å²) in [6.45, 7) is 4.01. The van der Waals surface area contributed by atoms with Crippen LogP contribution >= 0.6 is 0 Å². The number of rotatable bonds is 6. The summed E-state index contributed by atoms with van der Waals surface area (Å²) in [5.41, 5.74) is 2.21. The largest absolute Gasteiger partial charge is 0.357 e. The highest BCUT2D eigenvalue weighted by Crippen LogP contribution is 2.08. The molecule has 25 heavy (non-hydrogen) atoms. The summed E-state index contributed by atoms with van der Waals surface area (Å²) in [6, 6.07) is 20.2. The molecule has 0 bridgehead atoms. The summed E-state index contributed by atoms with van der Waals surface area (Å²) in [4.78, 5) is 4.62. The topological polar surface area (TPSA) is 67.1 Å². The maximum atomic E-state index is 4.62. The molecule has 1 aromatic heterocycles. The highest BCUT2D eigenvalue weighted by molar-refractivity contribution is 5.79. The zero-order valence-corrected chi connectivity index (χ0v) is 14.3. The van der Waals surface area contributed by atoms with Gasteiger partial charge in [-0.1, -0.05) is 48.5 Å². The van der Waals surface area contributed by atoms with Gasteiger partial charge in [-0.3, -0.25) is 4.57 Å². The van der Waals surface area contributed by atoms with Crippen LogP contribution in [0.25, 0.3) is 5.69 Å². The molecule has 0 radical (unpaired) electrons. The lowest BCUT2D eigenvalue weighted by molar-refractivity contribution is 0.756. The van der Waals surface area contributed by atoms with Gasteiger partial charge in [0.1, 0.15) is 6.33 Å². The Kier molecular flexibility index (Phi) is 5.77. The minimum atomic E-state index is 0.537. The average molecular weight is 334 g/mol. The van der Waals surface area contributed by atoms with Crippen LogP contribution < -0.4 is 10.6 Å². The fraction of sp³-hybridized carbons (Fsp3) is 0.211. The maximum absolute atomic E-state index is 4.62. The number of benzene rings is 2. The van der Waals surface area contributed by atoms with Gasteiger partial charge < -0.3 is 10.6 Å². The molecule has 1 heterocycles. The van der Waals surface area contributed by atoms with E-state index in [0.29, 0.717) is 13.1 Å². The Bertz CT molecular complexity index is 795. The van der Waals surface area contributed by atoms with Crippen LogP contribution in [-0.2, 0) is 13.1 Å². The maximum Gasteiger partial charge on any atom is 0.191 e. The quantitative estimate of drug-likeness (QED) is 0.537. The second-order valence-electron chi connectivity index (χ2n) is 5.49. The van der Waals surface area contributed by atoms with Gasteiger partial charge >= 0.3 is 0 Å². The minimum Gasteiger partial charge on any atom is -0.357 e. The molecule has 0 aliphatic rings. The average Bonchev–Trinajstić information content (AvgIpc) is 3.14. The van der Waals surface area contributed by atoms with E-state index in [0.717, 1.165) is 24.0 Å². The zero-order chi connectivity index (χ0) is 17.3. The van der Waals surface area contributed by atoms with Crippen molar-refractivity contribution < 1.29 is 0 Å². The molecule has 0 aliphatic carbocycles. The molecule has 0 unspecified atom stereocenters. The van der Waals surface area contributed by atoms with E-state index in [4.69, 9.17) is 0 Å². The van der Waals surface area contributed by atoms with Crippen LogP contribution in [0.5, 0.6) is 0 Å². The Balaban J connectivity index is 1.67. The molecule has 0 atom stereocenters. The van der Waals surface area contributed by atoms with E-state index < -0.39 is 0 Å². The summed E-state index contributed by atoms with van der Waals surface area (Å²) < 4.78 is 1.97. The van der Waals surface area contributed by atoms with Gasteiger partial charge in [-0.25, -0.2) is 4.99 Å². The highest BCUT2D eigenvalue weighted by Gasteiger charge is 2.07. The van der Waals surface area contributed by atoms with Gasteiger partial charge in [-0.05, 0) is 24.6 Å². The first-order chi connectivity index (χ1) is 12.4. The Morgan fingerprint density at radius 2 is 1.72 bits per heavy atom. The molecule has 0 aliphatic heterocycles. The van der Waals surface area contributed by atoms with E-state index in [2.05, 4.69) is 38.0 Å². The summed E-state index contributed by atoms with van der Waals surface area (Å²) in [5, 5.41) is 14.8. The lowest BCUT2D eigenvalue weighted by atomic mass is 10.2. The Hall–Kier alpha value is -3.15. The molecule has 0 fully saturated rings. The predicted molar refractivity (Wildman–Crippen MR) is 99.5 cm³/mol. The molecule has 3 aromatic rings. The Labute approximate surface area is 147 Å². The van der Waals surface area contributed by atoms with E-state index in [1.807, 2.05) is 60.0 Å². The molecule has 2 aromatic carbocycles. The van der Waals surface area contributed by atoms with Crippen LogP contribution in [0.3, 0.4) is 0 Å². The van der Waals surface area contributed by atoms with Crippen LogP contribution in [-0.4, -0.2) is 27.3 Å². The summed E-state index contributed by atoms with van der Waals surface area (Å²) in [5.74, 6) is 1.59. The number of hydrogen-bond donors (Lipinski definition) is 2. The van der Waals surface area contributed by atoms with Gasteiger partial charge in [0.05, 0.1) is 13.1 Å². The van der Waals surface area contributed by atoms with Crippen LogP contribution in [0.15, 0.2) is 72.0 Å². The van der Waals surface area contributed by atoms with Crippen molar-refractivity contribution in [2.24, 2.45) is 4.99 Å². The molecule has 0 saturated heterocycles. The van der Waals surface area contributed by atoms with E-state index in [1.54, 1.807) is 6.33 Å². The number of aromatic nitrogens is 3. The number of guanidine groups is 1. The second-order valence-corrected chi connectivity index (χ2v) is 5.49. The summed E-state index contributed by atoms with van der Waals surface area (Å²) in [6.07, 6.45) is 1.72. The first-order valence-corrected chi connectivity index (χ1v) is 8.37. The third kappa shape index (κ3) is 4.67. The number of para-hydroxylation sites is 1. The van der Waals surface area contributed by atoms with Gasteiger partial charge in [0.25, 0.3) is 0 Å². The molecule has 0 saturated carbocycles. The van der Waals surface area contributed by atoms with Gasteiger partial charge in [-0.2, -0.15) is 0 Å². The molecule has 2 N–H and O–H groups in total. The first kappa shape index (κ1) is 16.7. The van der Waals surface area contributed by atoms with Crippen LogP contribution in [0.2, 0.25) is 0 Å². The van der Waals surface area contributed by atoms with Gasteiger partial charge in [0, 0.05) is 12.2 Å². The lowest BCUT2D eigenvalue weighted by Crippen LogP contribution is -2.37. The van der Waals surface area contributed by atoms with Crippen LogP contribution in [0.4, 0.5) is 0 Å². The van der Waals surface area contributed by atoms with Crippen molar-refractivity contribution in [2.45, 2.75) is 20.0 Å². The van der Waals surface area contributed by atoms with Gasteiger partial charge in [0.2, 0.25) is 0 Å². The Morgan fingerprint density at radius 1 is 1.00 bits per heavy atom. The highest BCUT2D eigenvalue weighted by atomic mass is 15.3. The molecule has 0 amide bonds. The number of hydrogen-bond acceptors (Lipinski definition) is 3. The van der Waals surface area contributed by atoms with Crippen molar-refractivity contribution in [3.05, 3.63) is 78.4 Å². The summed E-state index contributed by atoms with van der Waals surface area (Å²) >= 11 is 0. The predicted octanol–water partition coefficient (Wildman–Crippen LogP) is 2.52. The smallest absolute Gasteiger partial charge is 0.191 e. The van der Waals surface area contributed by atoms with E-state index in [1.165, 1.54) is 5.56 Å². The second kappa shape index (κ2) is 8.63. The van der Waals surface area contributed by atoms with Crippen molar-refractivity contribution in [2.75, 3.05) is 6.54 Å². The third-order valence-corrected chi connectivity index (χ3v) is 3.67. The van der Waals surface area contributed by atoms with Gasteiger partial charge in [-0.15, -0.1) is 10.2 Å². The monoisotopic (exact) mass is 334 g/mol. The normalized spacial score (nSPS) is 11.3. The first-order valence-electron chi connectivity index (χ1n) is 8.37. The fourth-order valence-corrected chi connectivity index (χ4v) is 2.44. The molecule has 6 heteroatoms. The van der Waals surface area contributed by atoms with Crippen molar-refractivity contribution in [1.82, 2.24) is 25.4 Å². The molecule has 3 rings (SSSR count). The number of nitrogens with one attached hydrogen (secondary N) is 2. The fourth-order valence-electron chi connectivity index (χ4n) is 2.44. The van der Waals surface area contributed by atoms with Crippen LogP contribution in [0.1, 0.15) is 18.3 Å². The molecule has 0 spiro atoms. The van der Waals surface area contributed by atoms with E-state index >= 15 is 0 Å². The molecule has 128 valence electrons. The van der Waals surface area contributed by atoms with Crippen molar-refractivity contribution in [3.8, 4) is 5.69 Å². The summed E-state index contributed by atoms with van der Waals surface area (Å²) in [7, 11) is 0. The molecule has 6 nitrogen and oxygen atoms in total.